The summed E-state index contributed by atoms with van der Waals surface area (Å²) in [5, 5.41) is 12.3. The number of phenols is 1. The molecule has 0 aliphatic rings. The van der Waals surface area contributed by atoms with Gasteiger partial charge in [0.2, 0.25) is 0 Å². The Kier molecular flexibility index (Phi) is 3.48. The van der Waals surface area contributed by atoms with Gasteiger partial charge in [-0.2, -0.15) is 0 Å². The lowest BCUT2D eigenvalue weighted by Gasteiger charge is -2.07. The molecule has 0 radical (unpaired) electrons. The van der Waals surface area contributed by atoms with Crippen molar-refractivity contribution in [3.8, 4) is 16.9 Å². The van der Waals surface area contributed by atoms with E-state index in [9.17, 15) is 9.90 Å². The average molecular weight is 243 g/mol. The summed E-state index contributed by atoms with van der Waals surface area (Å²) >= 11 is 0. The minimum absolute atomic E-state index is 0.228. The van der Waals surface area contributed by atoms with Crippen LogP contribution in [-0.4, -0.2) is 18.3 Å². The van der Waals surface area contributed by atoms with E-state index in [0.717, 1.165) is 11.1 Å². The third-order valence-electron chi connectivity index (χ3n) is 2.53. The third-order valence-corrected chi connectivity index (χ3v) is 2.53. The number of hydrogen-bond acceptors (Lipinski definition) is 3. The second-order valence-electron chi connectivity index (χ2n) is 3.71. The molecule has 0 unspecified atom stereocenters. The first-order valence-corrected chi connectivity index (χ1v) is 5.44. The highest BCUT2D eigenvalue weighted by atomic mass is 16.5. The third kappa shape index (κ3) is 2.60. The molecule has 4 nitrogen and oxygen atoms in total. The molecule has 0 bridgehead atoms. The smallest absolute Gasteiger partial charge is 0.411 e. The van der Waals surface area contributed by atoms with Crippen molar-refractivity contribution in [2.75, 3.05) is 12.4 Å². The van der Waals surface area contributed by atoms with Crippen molar-refractivity contribution < 1.29 is 14.6 Å². The molecule has 2 rings (SSSR count). The van der Waals surface area contributed by atoms with Gasteiger partial charge in [-0.3, -0.25) is 5.32 Å². The molecule has 0 aliphatic heterocycles. The summed E-state index contributed by atoms with van der Waals surface area (Å²) in [6, 6.07) is 14.2. The Balaban J connectivity index is 2.23. The summed E-state index contributed by atoms with van der Waals surface area (Å²) in [7, 11) is 1.31. The zero-order chi connectivity index (χ0) is 13.0. The van der Waals surface area contributed by atoms with E-state index < -0.39 is 6.09 Å². The fraction of sp³-hybridized carbons (Fsp3) is 0.0714. The minimum Gasteiger partial charge on any atom is -0.507 e. The van der Waals surface area contributed by atoms with Gasteiger partial charge in [-0.15, -0.1) is 0 Å². The topological polar surface area (TPSA) is 58.6 Å². The van der Waals surface area contributed by atoms with Crippen LogP contribution >= 0.6 is 0 Å². The fourth-order valence-electron chi connectivity index (χ4n) is 1.62. The number of carbonyl (C=O) groups is 1. The second kappa shape index (κ2) is 5.23. The number of hydrogen-bond donors (Lipinski definition) is 2. The van der Waals surface area contributed by atoms with Crippen molar-refractivity contribution in [1.29, 1.82) is 0 Å². The number of carbonyl (C=O) groups excluding carboxylic acids is 1. The quantitative estimate of drug-likeness (QED) is 0.851. The second-order valence-corrected chi connectivity index (χ2v) is 3.71. The highest BCUT2D eigenvalue weighted by Gasteiger charge is 2.04. The number of para-hydroxylation sites is 1. The number of aromatic hydroxyl groups is 1. The van der Waals surface area contributed by atoms with Gasteiger partial charge in [0.1, 0.15) is 5.75 Å². The maximum absolute atomic E-state index is 11.0. The molecule has 0 aliphatic carbocycles. The molecule has 0 saturated heterocycles. The largest absolute Gasteiger partial charge is 0.507 e. The summed E-state index contributed by atoms with van der Waals surface area (Å²) in [6.45, 7) is 0. The van der Waals surface area contributed by atoms with Crippen LogP contribution < -0.4 is 5.32 Å². The predicted octanol–water partition coefficient (Wildman–Crippen LogP) is 3.24. The van der Waals surface area contributed by atoms with Crippen LogP contribution in [-0.2, 0) is 4.74 Å². The Bertz CT molecular complexity index is 549. The van der Waals surface area contributed by atoms with Gasteiger partial charge in [0.05, 0.1) is 7.11 Å². The minimum atomic E-state index is -0.509. The van der Waals surface area contributed by atoms with Crippen LogP contribution in [0.15, 0.2) is 48.5 Å². The zero-order valence-electron chi connectivity index (χ0n) is 9.88. The van der Waals surface area contributed by atoms with Crippen molar-refractivity contribution >= 4 is 11.8 Å². The Morgan fingerprint density at radius 1 is 1.11 bits per heavy atom. The average Bonchev–Trinajstić information content (AvgIpc) is 2.40. The number of phenolic OH excluding ortho intramolecular Hbond substituents is 1. The molecule has 92 valence electrons. The molecular formula is C14H13NO3. The Morgan fingerprint density at radius 3 is 2.39 bits per heavy atom. The highest BCUT2D eigenvalue weighted by Crippen LogP contribution is 2.29. The summed E-state index contributed by atoms with van der Waals surface area (Å²) in [5.74, 6) is 0.228. The van der Waals surface area contributed by atoms with Crippen molar-refractivity contribution in [2.45, 2.75) is 0 Å². The van der Waals surface area contributed by atoms with Gasteiger partial charge < -0.3 is 9.84 Å². The van der Waals surface area contributed by atoms with Crippen molar-refractivity contribution in [3.63, 3.8) is 0 Å². The molecule has 1 amide bonds. The Hall–Kier alpha value is -2.49. The molecule has 0 heterocycles. The lowest BCUT2D eigenvalue weighted by Crippen LogP contribution is -2.10. The molecule has 0 spiro atoms. The number of ether oxygens (including phenoxy) is 1. The van der Waals surface area contributed by atoms with Gasteiger partial charge in [-0.25, -0.2) is 4.79 Å². The van der Waals surface area contributed by atoms with Crippen molar-refractivity contribution in [2.24, 2.45) is 0 Å². The molecule has 2 N–H and O–H groups in total. The molecule has 2 aromatic rings. The van der Waals surface area contributed by atoms with E-state index in [1.807, 2.05) is 24.3 Å². The molecule has 0 saturated carbocycles. The predicted molar refractivity (Wildman–Crippen MR) is 69.6 cm³/mol. The van der Waals surface area contributed by atoms with Crippen LogP contribution in [0.2, 0.25) is 0 Å². The van der Waals surface area contributed by atoms with Crippen LogP contribution in [0.1, 0.15) is 0 Å². The summed E-state index contributed by atoms with van der Waals surface area (Å²) in [4.78, 5) is 11.0. The fourth-order valence-corrected chi connectivity index (χ4v) is 1.62. The van der Waals surface area contributed by atoms with Gasteiger partial charge in [0, 0.05) is 11.3 Å². The highest BCUT2D eigenvalue weighted by molar-refractivity contribution is 5.85. The van der Waals surface area contributed by atoms with Gasteiger partial charge >= 0.3 is 6.09 Å². The van der Waals surface area contributed by atoms with Crippen molar-refractivity contribution in [1.82, 2.24) is 0 Å². The van der Waals surface area contributed by atoms with Gasteiger partial charge in [0.25, 0.3) is 0 Å². The first-order chi connectivity index (χ1) is 8.70. The van der Waals surface area contributed by atoms with Crippen LogP contribution in [0.4, 0.5) is 10.5 Å². The van der Waals surface area contributed by atoms with E-state index in [-0.39, 0.29) is 5.75 Å². The van der Waals surface area contributed by atoms with Gasteiger partial charge in [-0.1, -0.05) is 30.3 Å². The van der Waals surface area contributed by atoms with Gasteiger partial charge in [0.15, 0.2) is 0 Å². The van der Waals surface area contributed by atoms with E-state index in [1.54, 1.807) is 24.3 Å². The van der Waals surface area contributed by atoms with Gasteiger partial charge in [-0.05, 0) is 23.8 Å². The molecule has 0 atom stereocenters. The lowest BCUT2D eigenvalue weighted by atomic mass is 10.0. The van der Waals surface area contributed by atoms with E-state index in [4.69, 9.17) is 0 Å². The molecule has 18 heavy (non-hydrogen) atoms. The van der Waals surface area contributed by atoms with E-state index >= 15 is 0 Å². The van der Waals surface area contributed by atoms with Crippen LogP contribution in [0.25, 0.3) is 11.1 Å². The SMILES string of the molecule is COC(=O)Nc1ccc(-c2ccccc2O)cc1. The maximum Gasteiger partial charge on any atom is 0.411 e. The number of anilines is 1. The van der Waals surface area contributed by atoms with Crippen molar-refractivity contribution in [3.05, 3.63) is 48.5 Å². The summed E-state index contributed by atoms with van der Waals surface area (Å²) in [5.41, 5.74) is 2.27. The summed E-state index contributed by atoms with van der Waals surface area (Å²) in [6.07, 6.45) is -0.509. The summed E-state index contributed by atoms with van der Waals surface area (Å²) < 4.78 is 4.50. The lowest BCUT2D eigenvalue weighted by molar-refractivity contribution is 0.187. The number of amides is 1. The van der Waals surface area contributed by atoms with Crippen LogP contribution in [0.3, 0.4) is 0 Å². The first-order valence-electron chi connectivity index (χ1n) is 5.44. The Morgan fingerprint density at radius 2 is 1.78 bits per heavy atom. The maximum atomic E-state index is 11.0. The van der Waals surface area contributed by atoms with E-state index in [2.05, 4.69) is 10.1 Å². The number of methoxy groups -OCH3 is 1. The monoisotopic (exact) mass is 243 g/mol. The molecule has 4 heteroatoms. The molecule has 2 aromatic carbocycles. The van der Waals surface area contributed by atoms with E-state index in [0.29, 0.717) is 5.69 Å². The van der Waals surface area contributed by atoms with Crippen LogP contribution in [0.5, 0.6) is 5.75 Å². The number of nitrogens with one attached hydrogen (secondary N) is 1. The number of benzene rings is 2. The zero-order valence-corrected chi connectivity index (χ0v) is 9.88. The standard InChI is InChI=1S/C14H13NO3/c1-18-14(17)15-11-8-6-10(7-9-11)12-4-2-3-5-13(12)16/h2-9,16H,1H3,(H,15,17). The molecule has 0 aromatic heterocycles. The number of rotatable bonds is 2. The van der Waals surface area contributed by atoms with E-state index in [1.165, 1.54) is 7.11 Å². The normalized spacial score (nSPS) is 9.83. The van der Waals surface area contributed by atoms with Crippen LogP contribution in [0, 0.1) is 0 Å². The first kappa shape index (κ1) is 12.0. The molecule has 0 fully saturated rings. The Labute approximate surface area is 105 Å². The molecular weight excluding hydrogens is 230 g/mol.